The summed E-state index contributed by atoms with van der Waals surface area (Å²) in [6.45, 7) is 11.2. The van der Waals surface area contributed by atoms with E-state index in [9.17, 15) is 4.79 Å². The third kappa shape index (κ3) is 6.37. The number of morpholine rings is 1. The number of nitrogens with zero attached hydrogens (tertiary/aromatic N) is 4. The van der Waals surface area contributed by atoms with E-state index in [4.69, 9.17) is 9.73 Å². The maximum absolute atomic E-state index is 12.9. The second kappa shape index (κ2) is 12.2. The minimum Gasteiger partial charge on any atom is -0.378 e. The van der Waals surface area contributed by atoms with Gasteiger partial charge in [-0.15, -0.1) is 0 Å². The topological polar surface area (TPSA) is 60.4 Å². The van der Waals surface area contributed by atoms with Gasteiger partial charge in [0.05, 0.1) is 19.8 Å². The highest BCUT2D eigenvalue weighted by Gasteiger charge is 2.31. The zero-order chi connectivity index (χ0) is 22.2. The molecular formula is C25H45N5O2. The Labute approximate surface area is 194 Å². The molecule has 0 radical (unpaired) electrons. The highest BCUT2D eigenvalue weighted by atomic mass is 16.5. The number of hydrogen-bond acceptors (Lipinski definition) is 4. The van der Waals surface area contributed by atoms with Crippen LogP contribution in [0.5, 0.6) is 0 Å². The lowest BCUT2D eigenvalue weighted by molar-refractivity contribution is -0.140. The van der Waals surface area contributed by atoms with E-state index in [0.29, 0.717) is 25.2 Å². The lowest BCUT2D eigenvalue weighted by Crippen LogP contribution is -2.50. The van der Waals surface area contributed by atoms with Crippen LogP contribution in [0.3, 0.4) is 0 Å². The largest absolute Gasteiger partial charge is 0.378 e. The minimum atomic E-state index is 0.160. The van der Waals surface area contributed by atoms with Gasteiger partial charge in [-0.25, -0.2) is 0 Å². The Morgan fingerprint density at radius 1 is 0.906 bits per heavy atom. The molecule has 0 aromatic carbocycles. The predicted octanol–water partition coefficient (Wildman–Crippen LogP) is 2.57. The first-order chi connectivity index (χ1) is 15.7. The Morgan fingerprint density at radius 3 is 2.38 bits per heavy atom. The van der Waals surface area contributed by atoms with Crippen molar-refractivity contribution in [2.75, 3.05) is 65.6 Å². The summed E-state index contributed by atoms with van der Waals surface area (Å²) in [5.41, 5.74) is 0. The molecule has 1 atom stereocenters. The van der Waals surface area contributed by atoms with Crippen LogP contribution < -0.4 is 5.32 Å². The molecule has 0 aromatic heterocycles. The lowest BCUT2D eigenvalue weighted by Gasteiger charge is -2.37. The number of nitrogens with one attached hydrogen (secondary N) is 1. The number of piperidine rings is 1. The summed E-state index contributed by atoms with van der Waals surface area (Å²) < 4.78 is 5.40. The summed E-state index contributed by atoms with van der Waals surface area (Å²) in [5, 5.41) is 3.53. The Balaban J connectivity index is 1.27. The van der Waals surface area contributed by atoms with Crippen molar-refractivity contribution in [1.82, 2.24) is 20.0 Å². The van der Waals surface area contributed by atoms with Crippen LogP contribution in [0.4, 0.5) is 0 Å². The number of ether oxygens (including phenoxy) is 1. The quantitative estimate of drug-likeness (QED) is 0.501. The normalized spacial score (nSPS) is 27.2. The Kier molecular flexibility index (Phi) is 9.09. The maximum Gasteiger partial charge on any atom is 0.225 e. The van der Waals surface area contributed by atoms with Crippen molar-refractivity contribution in [2.24, 2.45) is 16.8 Å². The van der Waals surface area contributed by atoms with Gasteiger partial charge in [-0.3, -0.25) is 14.7 Å². The molecule has 1 unspecified atom stereocenters. The summed E-state index contributed by atoms with van der Waals surface area (Å²) >= 11 is 0. The van der Waals surface area contributed by atoms with Gasteiger partial charge in [-0.05, 0) is 57.9 Å². The molecule has 1 aliphatic carbocycles. The Hall–Kier alpha value is -1.34. The van der Waals surface area contributed by atoms with Crippen molar-refractivity contribution in [3.05, 3.63) is 0 Å². The van der Waals surface area contributed by atoms with Gasteiger partial charge < -0.3 is 19.9 Å². The summed E-state index contributed by atoms with van der Waals surface area (Å²) in [4.78, 5) is 25.1. The predicted molar refractivity (Wildman–Crippen MR) is 129 cm³/mol. The minimum absolute atomic E-state index is 0.160. The van der Waals surface area contributed by atoms with Crippen molar-refractivity contribution in [1.29, 1.82) is 0 Å². The summed E-state index contributed by atoms with van der Waals surface area (Å²) in [6.07, 6.45) is 11.6. The molecule has 3 aliphatic heterocycles. The molecule has 7 nitrogen and oxygen atoms in total. The summed E-state index contributed by atoms with van der Waals surface area (Å²) in [7, 11) is 0. The molecule has 4 rings (SSSR count). The van der Waals surface area contributed by atoms with Crippen LogP contribution in [-0.4, -0.2) is 98.2 Å². The second-order valence-corrected chi connectivity index (χ2v) is 10.2. The number of likely N-dealkylation sites (tertiary alicyclic amines) is 2. The molecular weight excluding hydrogens is 402 g/mol. The molecule has 7 heteroatoms. The summed E-state index contributed by atoms with van der Waals surface area (Å²) in [5.74, 6) is 2.45. The SMILES string of the molecule is CCNC(=NCC1CCCN1CC1CCCCC1)N1CCC(C(=O)N2CCOCC2)CC1. The molecule has 0 spiro atoms. The van der Waals surface area contributed by atoms with Crippen molar-refractivity contribution in [3.8, 4) is 0 Å². The average Bonchev–Trinajstić information content (AvgIpc) is 3.29. The zero-order valence-corrected chi connectivity index (χ0v) is 20.3. The van der Waals surface area contributed by atoms with Gasteiger partial charge in [-0.1, -0.05) is 19.3 Å². The van der Waals surface area contributed by atoms with E-state index in [1.807, 2.05) is 4.90 Å². The molecule has 1 saturated carbocycles. The molecule has 3 heterocycles. The van der Waals surface area contributed by atoms with Crippen molar-refractivity contribution < 1.29 is 9.53 Å². The smallest absolute Gasteiger partial charge is 0.225 e. The highest BCUT2D eigenvalue weighted by Crippen LogP contribution is 2.28. The van der Waals surface area contributed by atoms with E-state index >= 15 is 0 Å². The first-order valence-electron chi connectivity index (χ1n) is 13.4. The molecule has 0 aromatic rings. The fourth-order valence-electron chi connectivity index (χ4n) is 6.04. The van der Waals surface area contributed by atoms with Gasteiger partial charge in [-0.2, -0.15) is 0 Å². The first kappa shape index (κ1) is 23.8. The number of guanidine groups is 1. The van der Waals surface area contributed by atoms with Gasteiger partial charge >= 0.3 is 0 Å². The van der Waals surface area contributed by atoms with E-state index in [0.717, 1.165) is 64.0 Å². The van der Waals surface area contributed by atoms with Gasteiger partial charge in [0.2, 0.25) is 5.91 Å². The lowest BCUT2D eigenvalue weighted by atomic mass is 9.89. The van der Waals surface area contributed by atoms with Gasteiger partial charge in [0, 0.05) is 51.2 Å². The third-order valence-electron chi connectivity index (χ3n) is 7.97. The third-order valence-corrected chi connectivity index (χ3v) is 7.97. The molecule has 182 valence electrons. The van der Waals surface area contributed by atoms with Crippen LogP contribution in [0.15, 0.2) is 4.99 Å². The van der Waals surface area contributed by atoms with E-state index in [2.05, 4.69) is 22.0 Å². The fraction of sp³-hybridized carbons (Fsp3) is 0.920. The van der Waals surface area contributed by atoms with Crippen LogP contribution in [-0.2, 0) is 9.53 Å². The van der Waals surface area contributed by atoms with Crippen LogP contribution in [0, 0.1) is 11.8 Å². The van der Waals surface area contributed by atoms with Crippen LogP contribution in [0.1, 0.15) is 64.7 Å². The monoisotopic (exact) mass is 447 g/mol. The van der Waals surface area contributed by atoms with Crippen LogP contribution in [0.2, 0.25) is 0 Å². The Morgan fingerprint density at radius 2 is 1.66 bits per heavy atom. The number of hydrogen-bond donors (Lipinski definition) is 1. The number of rotatable bonds is 6. The molecule has 1 amide bonds. The van der Waals surface area contributed by atoms with Gasteiger partial charge in [0.15, 0.2) is 5.96 Å². The van der Waals surface area contributed by atoms with E-state index in [-0.39, 0.29) is 5.92 Å². The molecule has 32 heavy (non-hydrogen) atoms. The van der Waals surface area contributed by atoms with Crippen molar-refractivity contribution >= 4 is 11.9 Å². The van der Waals surface area contributed by atoms with E-state index < -0.39 is 0 Å². The molecule has 1 N–H and O–H groups in total. The average molecular weight is 448 g/mol. The Bertz CT molecular complexity index is 607. The van der Waals surface area contributed by atoms with Gasteiger partial charge in [0.25, 0.3) is 0 Å². The second-order valence-electron chi connectivity index (χ2n) is 10.2. The van der Waals surface area contributed by atoms with Crippen molar-refractivity contribution in [3.63, 3.8) is 0 Å². The highest BCUT2D eigenvalue weighted by molar-refractivity contribution is 5.82. The fourth-order valence-corrected chi connectivity index (χ4v) is 6.04. The van der Waals surface area contributed by atoms with Crippen LogP contribution in [0.25, 0.3) is 0 Å². The maximum atomic E-state index is 12.9. The van der Waals surface area contributed by atoms with E-state index in [1.54, 1.807) is 0 Å². The standard InChI is InChI=1S/C25H45N5O2/c1-2-26-25(27-19-23-9-6-12-30(23)20-21-7-4-3-5-8-21)29-13-10-22(11-14-29)24(31)28-15-17-32-18-16-28/h21-23H,2-20H2,1H3,(H,26,27). The van der Waals surface area contributed by atoms with Crippen molar-refractivity contribution in [2.45, 2.75) is 70.8 Å². The first-order valence-corrected chi connectivity index (χ1v) is 13.4. The molecule has 3 saturated heterocycles. The number of amides is 1. The number of aliphatic imine (C=N–C) groups is 1. The number of carbonyl (C=O) groups excluding carboxylic acids is 1. The van der Waals surface area contributed by atoms with Crippen LogP contribution >= 0.6 is 0 Å². The molecule has 4 fully saturated rings. The van der Waals surface area contributed by atoms with E-state index in [1.165, 1.54) is 58.0 Å². The summed E-state index contributed by atoms with van der Waals surface area (Å²) in [6, 6.07) is 0.603. The zero-order valence-electron chi connectivity index (χ0n) is 20.3. The van der Waals surface area contributed by atoms with Gasteiger partial charge in [0.1, 0.15) is 0 Å². The number of carbonyl (C=O) groups is 1. The molecule has 4 aliphatic rings. The molecule has 0 bridgehead atoms.